The molecule has 0 aliphatic carbocycles. The predicted octanol–water partition coefficient (Wildman–Crippen LogP) is -0.558. The van der Waals surface area contributed by atoms with E-state index in [1.54, 1.807) is 0 Å². The van der Waals surface area contributed by atoms with Crippen LogP contribution in [-0.4, -0.2) is 45.5 Å². The van der Waals surface area contributed by atoms with E-state index in [2.05, 4.69) is 4.62 Å². The van der Waals surface area contributed by atoms with E-state index in [0.717, 1.165) is 13.2 Å². The molecule has 0 aromatic heterocycles. The second-order valence-electron chi connectivity index (χ2n) is 3.51. The SMILES string of the molecule is CCC(C)(C(=O)N(O)OP(=O)(O)O)S(C)(=O)=O. The lowest BCUT2D eigenvalue weighted by molar-refractivity contribution is -0.274. The van der Waals surface area contributed by atoms with E-state index >= 15 is 0 Å². The van der Waals surface area contributed by atoms with Crippen molar-refractivity contribution in [3.8, 4) is 0 Å². The molecule has 0 bridgehead atoms. The van der Waals surface area contributed by atoms with E-state index in [9.17, 15) is 17.8 Å². The molecule has 0 aliphatic heterocycles. The molecule has 0 aliphatic rings. The van der Waals surface area contributed by atoms with Gasteiger partial charge in [-0.3, -0.25) is 10.0 Å². The molecule has 0 radical (unpaired) electrons. The lowest BCUT2D eigenvalue weighted by Gasteiger charge is -2.27. The van der Waals surface area contributed by atoms with Gasteiger partial charge in [0, 0.05) is 6.26 Å². The molecule has 0 aromatic rings. The van der Waals surface area contributed by atoms with Crippen molar-refractivity contribution >= 4 is 23.6 Å². The minimum atomic E-state index is -5.15. The first-order valence-corrected chi connectivity index (χ1v) is 7.75. The zero-order chi connectivity index (χ0) is 14.1. The van der Waals surface area contributed by atoms with E-state index in [-0.39, 0.29) is 6.42 Å². The van der Waals surface area contributed by atoms with E-state index in [4.69, 9.17) is 15.0 Å². The summed E-state index contributed by atoms with van der Waals surface area (Å²) in [6.07, 6.45) is 0.561. The molecule has 11 heteroatoms. The number of carbonyl (C=O) groups is 1. The highest BCUT2D eigenvalue weighted by atomic mass is 32.2. The van der Waals surface area contributed by atoms with Crippen molar-refractivity contribution in [1.29, 1.82) is 0 Å². The first-order chi connectivity index (χ1) is 7.35. The van der Waals surface area contributed by atoms with Gasteiger partial charge in [0.25, 0.3) is 5.91 Å². The summed E-state index contributed by atoms with van der Waals surface area (Å²) in [6, 6.07) is 0. The molecule has 1 atom stereocenters. The predicted molar refractivity (Wildman–Crippen MR) is 55.3 cm³/mol. The van der Waals surface area contributed by atoms with Crippen LogP contribution in [0.4, 0.5) is 0 Å². The maximum absolute atomic E-state index is 11.5. The number of rotatable bonds is 5. The Balaban J connectivity index is 5.23. The molecule has 17 heavy (non-hydrogen) atoms. The van der Waals surface area contributed by atoms with E-state index in [1.807, 2.05) is 0 Å². The van der Waals surface area contributed by atoms with Gasteiger partial charge in [0.1, 0.15) is 0 Å². The van der Waals surface area contributed by atoms with Crippen LogP contribution in [-0.2, 0) is 23.8 Å². The molecular formula is C6H14NO8PS. The normalized spacial score (nSPS) is 16.4. The van der Waals surface area contributed by atoms with Gasteiger partial charge in [-0.1, -0.05) is 12.2 Å². The molecule has 1 unspecified atom stereocenters. The Morgan fingerprint density at radius 3 is 2.12 bits per heavy atom. The van der Waals surface area contributed by atoms with Crippen LogP contribution in [0.5, 0.6) is 0 Å². The highest BCUT2D eigenvalue weighted by Gasteiger charge is 2.46. The first kappa shape index (κ1) is 16.5. The van der Waals surface area contributed by atoms with Crippen LogP contribution in [0.15, 0.2) is 0 Å². The van der Waals surface area contributed by atoms with Crippen molar-refractivity contribution < 1.29 is 37.4 Å². The minimum absolute atomic E-state index is 0.202. The van der Waals surface area contributed by atoms with Crippen molar-refractivity contribution in [2.75, 3.05) is 6.26 Å². The van der Waals surface area contributed by atoms with Crippen LogP contribution in [0, 0.1) is 0 Å². The number of hydroxylamine groups is 2. The average molecular weight is 291 g/mol. The van der Waals surface area contributed by atoms with Gasteiger partial charge in [0.05, 0.1) is 0 Å². The second kappa shape index (κ2) is 5.01. The second-order valence-corrected chi connectivity index (χ2v) is 7.10. The van der Waals surface area contributed by atoms with Gasteiger partial charge >= 0.3 is 7.82 Å². The topological polar surface area (TPSA) is 141 Å². The van der Waals surface area contributed by atoms with E-state index < -0.39 is 33.5 Å². The highest BCUT2D eigenvalue weighted by Crippen LogP contribution is 2.37. The van der Waals surface area contributed by atoms with E-state index in [0.29, 0.717) is 0 Å². The number of nitrogens with zero attached hydrogens (tertiary/aromatic N) is 1. The van der Waals surface area contributed by atoms with Gasteiger partial charge in [-0.05, 0) is 13.3 Å². The largest absolute Gasteiger partial charge is 0.493 e. The fourth-order valence-corrected chi connectivity index (χ4v) is 2.11. The summed E-state index contributed by atoms with van der Waals surface area (Å²) in [7, 11) is -9.05. The number of sulfone groups is 1. The fraction of sp³-hybridized carbons (Fsp3) is 0.833. The van der Waals surface area contributed by atoms with Crippen molar-refractivity contribution in [1.82, 2.24) is 5.23 Å². The number of hydrogen-bond donors (Lipinski definition) is 3. The Morgan fingerprint density at radius 1 is 1.47 bits per heavy atom. The highest BCUT2D eigenvalue weighted by molar-refractivity contribution is 7.92. The summed E-state index contributed by atoms with van der Waals surface area (Å²) >= 11 is 0. The molecule has 102 valence electrons. The Labute approximate surface area is 98.1 Å². The van der Waals surface area contributed by atoms with Gasteiger partial charge in [-0.25, -0.2) is 13.0 Å². The van der Waals surface area contributed by atoms with Gasteiger partial charge in [-0.2, -0.15) is 0 Å². The number of phosphoric acid groups is 1. The summed E-state index contributed by atoms with van der Waals surface area (Å²) in [5, 5.41) is 8.24. The zero-order valence-electron chi connectivity index (χ0n) is 9.39. The first-order valence-electron chi connectivity index (χ1n) is 4.33. The molecule has 0 saturated carbocycles. The van der Waals surface area contributed by atoms with Crippen molar-refractivity contribution in [3.63, 3.8) is 0 Å². The maximum Gasteiger partial charge on any atom is 0.493 e. The van der Waals surface area contributed by atoms with Crippen LogP contribution < -0.4 is 0 Å². The summed E-state index contributed by atoms with van der Waals surface area (Å²) in [6.45, 7) is 2.38. The number of hydrogen-bond acceptors (Lipinski definition) is 6. The van der Waals surface area contributed by atoms with E-state index in [1.165, 1.54) is 6.92 Å². The van der Waals surface area contributed by atoms with Crippen LogP contribution in [0.2, 0.25) is 0 Å². The monoisotopic (exact) mass is 291 g/mol. The summed E-state index contributed by atoms with van der Waals surface area (Å²) in [5.41, 5.74) is 0. The zero-order valence-corrected chi connectivity index (χ0v) is 11.1. The molecule has 3 N–H and O–H groups in total. The van der Waals surface area contributed by atoms with Crippen LogP contribution >= 0.6 is 7.82 Å². The molecular weight excluding hydrogens is 277 g/mol. The number of carbonyl (C=O) groups excluding carboxylic acids is 1. The quantitative estimate of drug-likeness (QED) is 0.347. The molecule has 0 spiro atoms. The smallest absolute Gasteiger partial charge is 0.301 e. The summed E-state index contributed by atoms with van der Waals surface area (Å²) < 4.78 is 34.7. The van der Waals surface area contributed by atoms with Gasteiger partial charge < -0.3 is 9.79 Å². The number of amides is 1. The van der Waals surface area contributed by atoms with Gasteiger partial charge in [0.15, 0.2) is 14.6 Å². The molecule has 0 heterocycles. The van der Waals surface area contributed by atoms with Gasteiger partial charge in [-0.15, -0.1) is 4.62 Å². The lowest BCUT2D eigenvalue weighted by Crippen LogP contribution is -2.50. The van der Waals surface area contributed by atoms with Crippen LogP contribution in [0.3, 0.4) is 0 Å². The Bertz CT molecular complexity index is 441. The molecule has 0 saturated heterocycles. The van der Waals surface area contributed by atoms with Crippen LogP contribution in [0.1, 0.15) is 20.3 Å². The molecule has 0 rings (SSSR count). The Morgan fingerprint density at radius 2 is 1.88 bits per heavy atom. The average Bonchev–Trinajstić information content (AvgIpc) is 2.10. The van der Waals surface area contributed by atoms with Crippen LogP contribution in [0.25, 0.3) is 0 Å². The summed E-state index contributed by atoms with van der Waals surface area (Å²) in [5.74, 6) is -1.48. The third-order valence-corrected chi connectivity index (χ3v) is 4.77. The van der Waals surface area contributed by atoms with Crippen molar-refractivity contribution in [2.24, 2.45) is 0 Å². The third kappa shape index (κ3) is 4.02. The van der Waals surface area contributed by atoms with Crippen molar-refractivity contribution in [2.45, 2.75) is 25.0 Å². The van der Waals surface area contributed by atoms with Gasteiger partial charge in [0.2, 0.25) is 0 Å². The molecule has 0 fully saturated rings. The molecule has 0 aromatic carbocycles. The molecule has 1 amide bonds. The Kier molecular flexibility index (Phi) is 4.86. The molecule has 9 nitrogen and oxygen atoms in total. The fourth-order valence-electron chi connectivity index (χ4n) is 0.912. The minimum Gasteiger partial charge on any atom is -0.301 e. The standard InChI is InChI=1S/C6H14NO8PS/c1-4-6(2,17(3,13)14)5(8)7(9)15-16(10,11)12/h9H,4H2,1-3H3,(H2,10,11,12). The Hall–Kier alpha value is -0.510. The summed E-state index contributed by atoms with van der Waals surface area (Å²) in [4.78, 5) is 28.3. The van der Waals surface area contributed by atoms with Crippen molar-refractivity contribution in [3.05, 3.63) is 0 Å². The third-order valence-electron chi connectivity index (χ3n) is 2.30. The lowest BCUT2D eigenvalue weighted by atomic mass is 10.1. The maximum atomic E-state index is 11.5.